The highest BCUT2D eigenvalue weighted by atomic mass is 32.1. The van der Waals surface area contributed by atoms with Gasteiger partial charge in [0.15, 0.2) is 0 Å². The molecule has 1 saturated heterocycles. The van der Waals surface area contributed by atoms with Crippen LogP contribution in [0.2, 0.25) is 0 Å². The van der Waals surface area contributed by atoms with Crippen LogP contribution in [0.15, 0.2) is 11.6 Å². The molecule has 1 aromatic heterocycles. The van der Waals surface area contributed by atoms with E-state index >= 15 is 0 Å². The van der Waals surface area contributed by atoms with E-state index in [0.29, 0.717) is 12.6 Å². The minimum Gasteiger partial charge on any atom is -0.444 e. The molecule has 0 aliphatic carbocycles. The summed E-state index contributed by atoms with van der Waals surface area (Å²) in [4.78, 5) is 20.8. The molecule has 2 heterocycles. The molecule has 5 nitrogen and oxygen atoms in total. The van der Waals surface area contributed by atoms with Crippen LogP contribution in [0.3, 0.4) is 0 Å². The number of carbonyl (C=O) groups is 1. The zero-order chi connectivity index (χ0) is 15.6. The maximum Gasteiger partial charge on any atom is 0.410 e. The fraction of sp³-hybridized carbons (Fsp3) is 0.733. The van der Waals surface area contributed by atoms with Gasteiger partial charge in [0.1, 0.15) is 10.6 Å². The Morgan fingerprint density at radius 3 is 2.71 bits per heavy atom. The lowest BCUT2D eigenvalue weighted by Crippen LogP contribution is -2.55. The number of nitrogens with zero attached hydrogens (tertiary/aromatic N) is 3. The Kier molecular flexibility index (Phi) is 4.88. The van der Waals surface area contributed by atoms with E-state index in [9.17, 15) is 4.79 Å². The smallest absolute Gasteiger partial charge is 0.410 e. The topological polar surface area (TPSA) is 45.7 Å². The first-order chi connectivity index (χ1) is 9.78. The fourth-order valence-corrected chi connectivity index (χ4v) is 3.26. The Balaban J connectivity index is 1.94. The standard InChI is InChI=1S/C15H25N3O2S/c1-11-10-17(12(2)13-16-6-9-21-13)7-8-18(11)14(19)20-15(3,4)5/h6,9,11-12H,7-8,10H2,1-5H3/t11-,12-/m1/s1. The van der Waals surface area contributed by atoms with Crippen molar-refractivity contribution in [1.29, 1.82) is 0 Å². The molecule has 1 amide bonds. The molecule has 0 radical (unpaired) electrons. The SMILES string of the molecule is C[C@H](c1nccs1)N1CCN(C(=O)OC(C)(C)C)[C@H](C)C1. The predicted octanol–water partition coefficient (Wildman–Crippen LogP) is 3.15. The second-order valence-corrected chi connectivity index (χ2v) is 7.49. The third kappa shape index (κ3) is 4.17. The normalized spacial score (nSPS) is 22.1. The van der Waals surface area contributed by atoms with Gasteiger partial charge in [0, 0.05) is 37.3 Å². The molecular formula is C15H25N3O2S. The van der Waals surface area contributed by atoms with E-state index in [4.69, 9.17) is 4.74 Å². The lowest BCUT2D eigenvalue weighted by atomic mass is 10.1. The maximum absolute atomic E-state index is 12.2. The van der Waals surface area contributed by atoms with Crippen LogP contribution in [0.25, 0.3) is 0 Å². The summed E-state index contributed by atoms with van der Waals surface area (Å²) in [7, 11) is 0. The van der Waals surface area contributed by atoms with Crippen LogP contribution in [0.4, 0.5) is 4.79 Å². The van der Waals surface area contributed by atoms with Crippen molar-refractivity contribution in [1.82, 2.24) is 14.8 Å². The molecule has 0 unspecified atom stereocenters. The Hall–Kier alpha value is -1.14. The van der Waals surface area contributed by atoms with Gasteiger partial charge in [-0.05, 0) is 34.6 Å². The van der Waals surface area contributed by atoms with E-state index in [-0.39, 0.29) is 12.1 Å². The minimum atomic E-state index is -0.442. The number of amides is 1. The second-order valence-electron chi connectivity index (χ2n) is 6.56. The molecule has 0 saturated carbocycles. The zero-order valence-corrected chi connectivity index (χ0v) is 14.3. The molecule has 118 valence electrons. The van der Waals surface area contributed by atoms with Crippen molar-refractivity contribution in [2.45, 2.75) is 52.3 Å². The average molecular weight is 311 g/mol. The fourth-order valence-electron chi connectivity index (χ4n) is 2.53. The van der Waals surface area contributed by atoms with Gasteiger partial charge in [0.25, 0.3) is 0 Å². The van der Waals surface area contributed by atoms with Crippen molar-refractivity contribution in [2.75, 3.05) is 19.6 Å². The monoisotopic (exact) mass is 311 g/mol. The first kappa shape index (κ1) is 16.2. The lowest BCUT2D eigenvalue weighted by molar-refractivity contribution is -0.00349. The highest BCUT2D eigenvalue weighted by Gasteiger charge is 2.33. The van der Waals surface area contributed by atoms with Crippen molar-refractivity contribution in [2.24, 2.45) is 0 Å². The van der Waals surface area contributed by atoms with Crippen LogP contribution in [-0.2, 0) is 4.74 Å². The van der Waals surface area contributed by atoms with E-state index in [2.05, 4.69) is 23.7 Å². The largest absolute Gasteiger partial charge is 0.444 e. The van der Waals surface area contributed by atoms with Gasteiger partial charge in [-0.25, -0.2) is 9.78 Å². The maximum atomic E-state index is 12.2. The second kappa shape index (κ2) is 6.32. The van der Waals surface area contributed by atoms with Crippen molar-refractivity contribution in [3.05, 3.63) is 16.6 Å². The Morgan fingerprint density at radius 1 is 1.48 bits per heavy atom. The number of rotatable bonds is 2. The number of piperazine rings is 1. The van der Waals surface area contributed by atoms with Gasteiger partial charge in [-0.1, -0.05) is 0 Å². The van der Waals surface area contributed by atoms with Crippen LogP contribution >= 0.6 is 11.3 Å². The van der Waals surface area contributed by atoms with Crippen LogP contribution in [0, 0.1) is 0 Å². The number of hydrogen-bond donors (Lipinski definition) is 0. The van der Waals surface area contributed by atoms with Gasteiger partial charge < -0.3 is 9.64 Å². The summed E-state index contributed by atoms with van der Waals surface area (Å²) in [6.07, 6.45) is 1.63. The lowest BCUT2D eigenvalue weighted by Gasteiger charge is -2.42. The van der Waals surface area contributed by atoms with Crippen molar-refractivity contribution >= 4 is 17.4 Å². The summed E-state index contributed by atoms with van der Waals surface area (Å²) in [5.74, 6) is 0. The molecule has 1 aromatic rings. The quantitative estimate of drug-likeness (QED) is 0.842. The van der Waals surface area contributed by atoms with Crippen molar-refractivity contribution in [3.63, 3.8) is 0 Å². The zero-order valence-electron chi connectivity index (χ0n) is 13.5. The van der Waals surface area contributed by atoms with E-state index in [0.717, 1.165) is 18.1 Å². The molecule has 2 rings (SSSR count). The van der Waals surface area contributed by atoms with Gasteiger partial charge in [-0.3, -0.25) is 4.90 Å². The first-order valence-electron chi connectivity index (χ1n) is 7.41. The molecule has 1 aliphatic rings. The Labute approximate surface area is 130 Å². The highest BCUT2D eigenvalue weighted by Crippen LogP contribution is 2.25. The van der Waals surface area contributed by atoms with Crippen LogP contribution in [0.1, 0.15) is 45.7 Å². The molecule has 0 N–H and O–H groups in total. The van der Waals surface area contributed by atoms with Gasteiger partial charge in [0.2, 0.25) is 0 Å². The number of ether oxygens (including phenoxy) is 1. The van der Waals surface area contributed by atoms with Crippen molar-refractivity contribution < 1.29 is 9.53 Å². The summed E-state index contributed by atoms with van der Waals surface area (Å²) in [6, 6.07) is 0.448. The van der Waals surface area contributed by atoms with E-state index in [1.807, 2.05) is 37.2 Å². The van der Waals surface area contributed by atoms with E-state index in [1.54, 1.807) is 11.3 Å². The van der Waals surface area contributed by atoms with Gasteiger partial charge in [-0.2, -0.15) is 0 Å². The predicted molar refractivity (Wildman–Crippen MR) is 84.5 cm³/mol. The molecular weight excluding hydrogens is 286 g/mol. The third-order valence-corrected chi connectivity index (χ3v) is 4.59. The molecule has 6 heteroatoms. The summed E-state index contributed by atoms with van der Waals surface area (Å²) < 4.78 is 5.47. The molecule has 21 heavy (non-hydrogen) atoms. The molecule has 0 bridgehead atoms. The van der Waals surface area contributed by atoms with Gasteiger partial charge in [0.05, 0.1) is 6.04 Å². The first-order valence-corrected chi connectivity index (χ1v) is 8.29. The Bertz CT molecular complexity index is 470. The van der Waals surface area contributed by atoms with E-state index in [1.165, 1.54) is 0 Å². The van der Waals surface area contributed by atoms with Gasteiger partial charge in [-0.15, -0.1) is 11.3 Å². The molecule has 0 spiro atoms. The summed E-state index contributed by atoms with van der Waals surface area (Å²) in [5.41, 5.74) is -0.442. The summed E-state index contributed by atoms with van der Waals surface area (Å²) in [6.45, 7) is 12.3. The molecule has 1 aliphatic heterocycles. The summed E-state index contributed by atoms with van der Waals surface area (Å²) >= 11 is 1.68. The Morgan fingerprint density at radius 2 is 2.19 bits per heavy atom. The van der Waals surface area contributed by atoms with Crippen LogP contribution in [-0.4, -0.2) is 52.2 Å². The average Bonchev–Trinajstić information content (AvgIpc) is 2.89. The molecule has 2 atom stereocenters. The highest BCUT2D eigenvalue weighted by molar-refractivity contribution is 7.09. The number of hydrogen-bond acceptors (Lipinski definition) is 5. The van der Waals surface area contributed by atoms with Crippen LogP contribution in [0.5, 0.6) is 0 Å². The molecule has 1 fully saturated rings. The number of aromatic nitrogens is 1. The third-order valence-electron chi connectivity index (χ3n) is 3.64. The molecule has 0 aromatic carbocycles. The number of carbonyl (C=O) groups excluding carboxylic acids is 1. The number of thiazole rings is 1. The summed E-state index contributed by atoms with van der Waals surface area (Å²) in [5, 5.41) is 3.14. The minimum absolute atomic E-state index is 0.149. The van der Waals surface area contributed by atoms with Crippen molar-refractivity contribution in [3.8, 4) is 0 Å². The van der Waals surface area contributed by atoms with Crippen LogP contribution < -0.4 is 0 Å². The van der Waals surface area contributed by atoms with E-state index < -0.39 is 5.60 Å². The van der Waals surface area contributed by atoms with Gasteiger partial charge >= 0.3 is 6.09 Å².